The highest BCUT2D eigenvalue weighted by atomic mass is 35.5. The van der Waals surface area contributed by atoms with Crippen molar-refractivity contribution in [1.82, 2.24) is 10.3 Å². The molecule has 0 saturated carbocycles. The van der Waals surface area contributed by atoms with Gasteiger partial charge in [-0.2, -0.15) is 0 Å². The number of carbonyl (C=O) groups excluding carboxylic acids is 3. The highest BCUT2D eigenvalue weighted by molar-refractivity contribution is 6.32. The number of ether oxygens (including phenoxy) is 1. The fourth-order valence-electron chi connectivity index (χ4n) is 1.78. The number of hydrogen-bond acceptors (Lipinski definition) is 6. The first-order valence-corrected chi connectivity index (χ1v) is 7.72. The maximum atomic E-state index is 12.1. The van der Waals surface area contributed by atoms with Crippen LogP contribution in [-0.2, 0) is 14.3 Å². The lowest BCUT2D eigenvalue weighted by Gasteiger charge is -2.17. The number of nitrogens with zero attached hydrogens (tertiary/aromatic N) is 1. The third-order valence-electron chi connectivity index (χ3n) is 3.13. The van der Waals surface area contributed by atoms with Gasteiger partial charge >= 0.3 is 5.97 Å². The van der Waals surface area contributed by atoms with Gasteiger partial charge in [-0.05, 0) is 38.1 Å². The van der Waals surface area contributed by atoms with Crippen LogP contribution in [0, 0.1) is 0 Å². The standard InChI is InChI=1S/C16H16ClN3O5/c1-9(19-15(22)12-6-4-8-24-12)16(23)25-10(2)14(21)20-11-5-3-7-18-13(11)17/h3-10H,1-2H3,(H,19,22)(H,20,21)/t9-,10-/m0/s1. The Morgan fingerprint density at radius 2 is 2.00 bits per heavy atom. The van der Waals surface area contributed by atoms with E-state index in [1.54, 1.807) is 18.2 Å². The molecule has 2 heterocycles. The maximum Gasteiger partial charge on any atom is 0.329 e. The van der Waals surface area contributed by atoms with Gasteiger partial charge in [-0.15, -0.1) is 0 Å². The molecule has 132 valence electrons. The highest BCUT2D eigenvalue weighted by Gasteiger charge is 2.24. The molecule has 0 aliphatic rings. The molecule has 0 aromatic carbocycles. The molecule has 25 heavy (non-hydrogen) atoms. The van der Waals surface area contributed by atoms with Gasteiger partial charge in [0.25, 0.3) is 11.8 Å². The largest absolute Gasteiger partial charge is 0.459 e. The Bertz CT molecular complexity index is 763. The molecular weight excluding hydrogens is 350 g/mol. The molecule has 0 spiro atoms. The zero-order valence-electron chi connectivity index (χ0n) is 13.5. The smallest absolute Gasteiger partial charge is 0.329 e. The van der Waals surface area contributed by atoms with Gasteiger partial charge in [-0.25, -0.2) is 9.78 Å². The van der Waals surface area contributed by atoms with E-state index in [0.29, 0.717) is 5.69 Å². The molecule has 0 aliphatic heterocycles. The van der Waals surface area contributed by atoms with E-state index in [-0.39, 0.29) is 10.9 Å². The number of aromatic nitrogens is 1. The minimum absolute atomic E-state index is 0.0664. The molecule has 8 nitrogen and oxygen atoms in total. The van der Waals surface area contributed by atoms with Crippen molar-refractivity contribution in [2.24, 2.45) is 0 Å². The minimum Gasteiger partial charge on any atom is -0.459 e. The number of furan rings is 1. The Hall–Kier alpha value is -2.87. The molecule has 0 unspecified atom stereocenters. The number of halogens is 1. The van der Waals surface area contributed by atoms with Gasteiger partial charge in [0.15, 0.2) is 17.0 Å². The molecule has 2 atom stereocenters. The van der Waals surface area contributed by atoms with Crippen LogP contribution in [0.5, 0.6) is 0 Å². The number of anilines is 1. The van der Waals surface area contributed by atoms with E-state index in [9.17, 15) is 14.4 Å². The molecule has 2 rings (SSSR count). The van der Waals surface area contributed by atoms with Crippen LogP contribution in [-0.4, -0.2) is 34.9 Å². The van der Waals surface area contributed by atoms with Crippen molar-refractivity contribution >= 4 is 35.1 Å². The molecule has 2 aromatic heterocycles. The Morgan fingerprint density at radius 3 is 2.64 bits per heavy atom. The summed E-state index contributed by atoms with van der Waals surface area (Å²) in [4.78, 5) is 39.7. The van der Waals surface area contributed by atoms with Crippen LogP contribution in [0.4, 0.5) is 5.69 Å². The Kier molecular flexibility index (Phi) is 6.13. The summed E-state index contributed by atoms with van der Waals surface area (Å²) in [6.45, 7) is 2.84. The number of amides is 2. The van der Waals surface area contributed by atoms with Crippen molar-refractivity contribution in [3.8, 4) is 0 Å². The molecule has 0 saturated heterocycles. The Morgan fingerprint density at radius 1 is 1.24 bits per heavy atom. The fraction of sp³-hybridized carbons (Fsp3) is 0.250. The third-order valence-corrected chi connectivity index (χ3v) is 3.43. The van der Waals surface area contributed by atoms with Crippen molar-refractivity contribution in [3.05, 3.63) is 47.6 Å². The minimum atomic E-state index is -1.09. The summed E-state index contributed by atoms with van der Waals surface area (Å²) in [6.07, 6.45) is 1.73. The van der Waals surface area contributed by atoms with E-state index >= 15 is 0 Å². The first-order valence-electron chi connectivity index (χ1n) is 7.34. The molecule has 2 N–H and O–H groups in total. The van der Waals surface area contributed by atoms with E-state index in [2.05, 4.69) is 15.6 Å². The second kappa shape index (κ2) is 8.29. The molecule has 0 bridgehead atoms. The van der Waals surface area contributed by atoms with Crippen LogP contribution < -0.4 is 10.6 Å². The quantitative estimate of drug-likeness (QED) is 0.598. The molecule has 9 heteroatoms. The lowest BCUT2D eigenvalue weighted by atomic mass is 10.3. The Labute approximate surface area is 148 Å². The van der Waals surface area contributed by atoms with Gasteiger partial charge in [0.05, 0.1) is 12.0 Å². The number of nitrogens with one attached hydrogen (secondary N) is 2. The lowest BCUT2D eigenvalue weighted by molar-refractivity contribution is -0.154. The first kappa shape index (κ1) is 18.5. The van der Waals surface area contributed by atoms with Crippen molar-refractivity contribution in [2.45, 2.75) is 26.0 Å². The predicted octanol–water partition coefficient (Wildman–Crippen LogP) is 2.02. The molecule has 2 aromatic rings. The monoisotopic (exact) mass is 365 g/mol. The number of hydrogen-bond donors (Lipinski definition) is 2. The Balaban J connectivity index is 1.87. The zero-order valence-corrected chi connectivity index (χ0v) is 14.2. The van der Waals surface area contributed by atoms with Gasteiger partial charge in [0.1, 0.15) is 6.04 Å². The second-order valence-corrected chi connectivity index (χ2v) is 5.44. The topological polar surface area (TPSA) is 111 Å². The van der Waals surface area contributed by atoms with Gasteiger partial charge in [0.2, 0.25) is 0 Å². The first-order chi connectivity index (χ1) is 11.9. The third kappa shape index (κ3) is 5.05. The van der Waals surface area contributed by atoms with E-state index in [4.69, 9.17) is 20.8 Å². The van der Waals surface area contributed by atoms with Crippen LogP contribution in [0.3, 0.4) is 0 Å². The van der Waals surface area contributed by atoms with Crippen LogP contribution in [0.15, 0.2) is 41.1 Å². The average Bonchev–Trinajstić information content (AvgIpc) is 3.11. The summed E-state index contributed by atoms with van der Waals surface area (Å²) >= 11 is 5.85. The van der Waals surface area contributed by atoms with E-state index in [1.807, 2.05) is 0 Å². The van der Waals surface area contributed by atoms with Crippen LogP contribution >= 0.6 is 11.6 Å². The normalized spacial score (nSPS) is 12.8. The number of pyridine rings is 1. The van der Waals surface area contributed by atoms with Gasteiger partial charge in [-0.1, -0.05) is 11.6 Å². The second-order valence-electron chi connectivity index (χ2n) is 5.08. The lowest BCUT2D eigenvalue weighted by Crippen LogP contribution is -2.42. The molecular formula is C16H16ClN3O5. The van der Waals surface area contributed by atoms with E-state index < -0.39 is 29.9 Å². The van der Waals surface area contributed by atoms with Crippen LogP contribution in [0.2, 0.25) is 5.15 Å². The number of carbonyl (C=O) groups is 3. The number of rotatable bonds is 6. The van der Waals surface area contributed by atoms with Crippen molar-refractivity contribution in [3.63, 3.8) is 0 Å². The van der Waals surface area contributed by atoms with Crippen LogP contribution in [0.25, 0.3) is 0 Å². The predicted molar refractivity (Wildman–Crippen MR) is 89.1 cm³/mol. The van der Waals surface area contributed by atoms with Crippen LogP contribution in [0.1, 0.15) is 24.4 Å². The van der Waals surface area contributed by atoms with Gasteiger partial charge < -0.3 is 19.8 Å². The molecule has 0 aliphatic carbocycles. The van der Waals surface area contributed by atoms with Gasteiger partial charge in [0, 0.05) is 6.20 Å². The molecule has 2 amide bonds. The highest BCUT2D eigenvalue weighted by Crippen LogP contribution is 2.17. The fourth-order valence-corrected chi connectivity index (χ4v) is 1.94. The molecule has 0 fully saturated rings. The van der Waals surface area contributed by atoms with Gasteiger partial charge in [-0.3, -0.25) is 9.59 Å². The van der Waals surface area contributed by atoms with Crippen molar-refractivity contribution < 1.29 is 23.5 Å². The van der Waals surface area contributed by atoms with E-state index in [0.717, 1.165) is 0 Å². The summed E-state index contributed by atoms with van der Waals surface area (Å²) in [5.74, 6) is -1.84. The number of esters is 1. The van der Waals surface area contributed by atoms with Crippen molar-refractivity contribution in [2.75, 3.05) is 5.32 Å². The average molecular weight is 366 g/mol. The van der Waals surface area contributed by atoms with Crippen molar-refractivity contribution in [1.29, 1.82) is 0 Å². The summed E-state index contributed by atoms with van der Waals surface area (Å²) in [7, 11) is 0. The zero-order chi connectivity index (χ0) is 18.4. The SMILES string of the molecule is C[C@H](NC(=O)c1ccco1)C(=O)O[C@@H](C)C(=O)Nc1cccnc1Cl. The maximum absolute atomic E-state index is 12.1. The van der Waals surface area contributed by atoms with E-state index in [1.165, 1.54) is 32.4 Å². The summed E-state index contributed by atoms with van der Waals surface area (Å²) in [6, 6.07) is 5.21. The molecule has 0 radical (unpaired) electrons. The summed E-state index contributed by atoms with van der Waals surface area (Å²) in [5, 5.41) is 5.04. The summed E-state index contributed by atoms with van der Waals surface area (Å²) < 4.78 is 9.97. The summed E-state index contributed by atoms with van der Waals surface area (Å²) in [5.41, 5.74) is 0.302.